The topological polar surface area (TPSA) is 33.2 Å². The smallest absolute Gasteiger partial charge is 0.230 e. The van der Waals surface area contributed by atoms with Crippen molar-refractivity contribution in [3.05, 3.63) is 76.8 Å². The minimum absolute atomic E-state index is 0.0176. The van der Waals surface area contributed by atoms with Crippen LogP contribution < -0.4 is 4.90 Å². The fourth-order valence-electron chi connectivity index (χ4n) is 3.54. The predicted molar refractivity (Wildman–Crippen MR) is 115 cm³/mol. The highest BCUT2D eigenvalue weighted by Gasteiger charge is 2.21. The number of aryl methyl sites for hydroxylation is 1. The zero-order chi connectivity index (χ0) is 18.6. The summed E-state index contributed by atoms with van der Waals surface area (Å²) in [5, 5.41) is 3.36. The lowest BCUT2D eigenvalue weighted by Gasteiger charge is -2.24. The third kappa shape index (κ3) is 4.09. The Kier molecular flexibility index (Phi) is 5.60. The Morgan fingerprint density at radius 2 is 1.96 bits per heavy atom. The largest absolute Gasteiger partial charge is 0.274 e. The summed E-state index contributed by atoms with van der Waals surface area (Å²) in [6.07, 6.45) is 3.67. The fourth-order valence-corrected chi connectivity index (χ4v) is 5.79. The van der Waals surface area contributed by atoms with Crippen molar-refractivity contribution in [3.63, 3.8) is 0 Å². The van der Waals surface area contributed by atoms with Gasteiger partial charge in [0, 0.05) is 23.3 Å². The number of fused-ring (bicyclic) bond motifs is 1. The van der Waals surface area contributed by atoms with E-state index in [-0.39, 0.29) is 5.91 Å². The molecule has 4 rings (SSSR count). The molecule has 0 saturated carbocycles. The first-order valence-corrected chi connectivity index (χ1v) is 11.1. The van der Waals surface area contributed by atoms with Gasteiger partial charge in [-0.2, -0.15) is 0 Å². The van der Waals surface area contributed by atoms with Crippen molar-refractivity contribution < 1.29 is 4.79 Å². The molecule has 0 radical (unpaired) electrons. The second kappa shape index (κ2) is 8.28. The summed E-state index contributed by atoms with van der Waals surface area (Å²) in [5.41, 5.74) is 4.89. The normalized spacial score (nSPS) is 16.0. The maximum atomic E-state index is 12.2. The van der Waals surface area contributed by atoms with Gasteiger partial charge in [0.25, 0.3) is 0 Å². The van der Waals surface area contributed by atoms with Crippen LogP contribution >= 0.6 is 23.1 Å². The predicted octanol–water partition coefficient (Wildman–Crippen LogP) is 6.14. The fraction of sp³-hybridized carbons (Fsp3) is 0.273. The number of rotatable bonds is 5. The highest BCUT2D eigenvalue weighted by Crippen LogP contribution is 2.41. The van der Waals surface area contributed by atoms with E-state index in [9.17, 15) is 4.79 Å². The van der Waals surface area contributed by atoms with Gasteiger partial charge in [-0.15, -0.1) is 23.1 Å². The molecule has 0 bridgehead atoms. The summed E-state index contributed by atoms with van der Waals surface area (Å²) in [6.45, 7) is 1.59. The number of thiazole rings is 1. The Balaban J connectivity index is 1.48. The van der Waals surface area contributed by atoms with E-state index in [0.29, 0.717) is 5.25 Å². The van der Waals surface area contributed by atoms with Crippen LogP contribution in [-0.4, -0.2) is 10.9 Å². The summed E-state index contributed by atoms with van der Waals surface area (Å²) >= 11 is 3.50. The van der Waals surface area contributed by atoms with Crippen molar-refractivity contribution in [2.45, 2.75) is 37.2 Å². The summed E-state index contributed by atoms with van der Waals surface area (Å²) in [7, 11) is 0. The van der Waals surface area contributed by atoms with Crippen molar-refractivity contribution in [2.24, 2.45) is 0 Å². The second-order valence-electron chi connectivity index (χ2n) is 6.70. The van der Waals surface area contributed by atoms with Crippen LogP contribution in [0.15, 0.2) is 60.0 Å². The molecule has 3 aromatic rings. The maximum absolute atomic E-state index is 12.2. The number of carbonyl (C=O) groups excluding carboxylic acids is 1. The number of hydrogen-bond donors (Lipinski definition) is 0. The number of anilines is 2. The lowest BCUT2D eigenvalue weighted by Crippen LogP contribution is -2.22. The van der Waals surface area contributed by atoms with E-state index in [0.717, 1.165) is 22.3 Å². The van der Waals surface area contributed by atoms with Crippen LogP contribution in [-0.2, 0) is 17.0 Å². The maximum Gasteiger partial charge on any atom is 0.230 e. The van der Waals surface area contributed by atoms with Crippen LogP contribution in [0.3, 0.4) is 0 Å². The molecule has 1 aliphatic carbocycles. The van der Waals surface area contributed by atoms with Gasteiger partial charge in [-0.3, -0.25) is 9.69 Å². The molecular formula is C22H22N2OS2. The van der Waals surface area contributed by atoms with Gasteiger partial charge in [0.1, 0.15) is 0 Å². The van der Waals surface area contributed by atoms with Gasteiger partial charge in [-0.1, -0.05) is 42.5 Å². The van der Waals surface area contributed by atoms with Gasteiger partial charge in [-0.05, 0) is 42.5 Å². The molecule has 0 saturated heterocycles. The molecule has 5 heteroatoms. The Morgan fingerprint density at radius 3 is 2.78 bits per heavy atom. The van der Waals surface area contributed by atoms with Crippen molar-refractivity contribution >= 4 is 39.8 Å². The average molecular weight is 395 g/mol. The summed E-state index contributed by atoms with van der Waals surface area (Å²) < 4.78 is 0. The van der Waals surface area contributed by atoms with Crippen LogP contribution in [0.4, 0.5) is 10.8 Å². The lowest BCUT2D eigenvalue weighted by atomic mass is 9.91. The van der Waals surface area contributed by atoms with Crippen molar-refractivity contribution in [3.8, 4) is 0 Å². The van der Waals surface area contributed by atoms with Crippen LogP contribution in [0.25, 0.3) is 0 Å². The Hall–Kier alpha value is -2.11. The van der Waals surface area contributed by atoms with Gasteiger partial charge in [0.15, 0.2) is 5.13 Å². The number of hydrogen-bond acceptors (Lipinski definition) is 4. The minimum atomic E-state index is -0.0176. The van der Waals surface area contributed by atoms with Gasteiger partial charge in [0.05, 0.1) is 11.4 Å². The minimum Gasteiger partial charge on any atom is -0.274 e. The van der Waals surface area contributed by atoms with Crippen molar-refractivity contribution in [2.75, 3.05) is 4.90 Å². The van der Waals surface area contributed by atoms with E-state index in [4.69, 9.17) is 4.98 Å². The van der Waals surface area contributed by atoms with Gasteiger partial charge in [0.2, 0.25) is 5.91 Å². The molecule has 1 aromatic heterocycles. The summed E-state index contributed by atoms with van der Waals surface area (Å²) in [5.74, 6) is 0.853. The molecule has 27 heavy (non-hydrogen) atoms. The number of benzene rings is 2. The second-order valence-corrected chi connectivity index (χ2v) is 8.73. The number of amides is 1. The third-order valence-corrected chi connectivity index (χ3v) is 7.04. The van der Waals surface area contributed by atoms with E-state index >= 15 is 0 Å². The molecule has 1 amide bonds. The van der Waals surface area contributed by atoms with E-state index in [2.05, 4.69) is 29.6 Å². The molecule has 0 aliphatic heterocycles. The van der Waals surface area contributed by atoms with Gasteiger partial charge in [-0.25, -0.2) is 4.98 Å². The Bertz CT molecular complexity index is 923. The molecule has 0 N–H and O–H groups in total. The average Bonchev–Trinajstić information content (AvgIpc) is 3.15. The molecule has 1 atom stereocenters. The molecule has 0 fully saturated rings. The molecule has 1 unspecified atom stereocenters. The van der Waals surface area contributed by atoms with E-state index in [1.165, 1.54) is 41.7 Å². The molecule has 1 aliphatic rings. The molecular weight excluding hydrogens is 372 g/mol. The summed E-state index contributed by atoms with van der Waals surface area (Å²) in [6, 6.07) is 18.5. The zero-order valence-corrected chi connectivity index (χ0v) is 16.9. The third-order valence-electron chi connectivity index (χ3n) is 4.81. The van der Waals surface area contributed by atoms with Gasteiger partial charge < -0.3 is 0 Å². The van der Waals surface area contributed by atoms with Crippen LogP contribution in [0.5, 0.6) is 0 Å². The standard InChI is InChI=1S/C22H22N2OS2/c1-16(25)24(19-10-3-2-4-11-19)22-23-18(15-27-22)14-26-21-13-7-9-17-8-5-6-12-20(17)21/h2-6,8,10-12,15,21H,7,9,13-14H2,1H3. The van der Waals surface area contributed by atoms with Crippen LogP contribution in [0.1, 0.15) is 41.8 Å². The first-order chi connectivity index (χ1) is 13.2. The highest BCUT2D eigenvalue weighted by atomic mass is 32.2. The van der Waals surface area contributed by atoms with Crippen molar-refractivity contribution in [1.82, 2.24) is 4.98 Å². The number of nitrogens with zero attached hydrogens (tertiary/aromatic N) is 2. The molecule has 3 nitrogen and oxygen atoms in total. The SMILES string of the molecule is CC(=O)N(c1ccccc1)c1nc(CSC2CCCc3ccccc32)cs1. The molecule has 1 heterocycles. The Morgan fingerprint density at radius 1 is 1.19 bits per heavy atom. The monoisotopic (exact) mass is 394 g/mol. The lowest BCUT2D eigenvalue weighted by molar-refractivity contribution is -0.115. The van der Waals surface area contributed by atoms with Crippen LogP contribution in [0.2, 0.25) is 0 Å². The number of thioether (sulfide) groups is 1. The van der Waals surface area contributed by atoms with E-state index < -0.39 is 0 Å². The Labute approximate surface area is 168 Å². The first-order valence-electron chi connectivity index (χ1n) is 9.22. The quantitative estimate of drug-likeness (QED) is 0.521. The molecule has 2 aromatic carbocycles. The van der Waals surface area contributed by atoms with E-state index in [1.807, 2.05) is 42.1 Å². The van der Waals surface area contributed by atoms with Crippen molar-refractivity contribution in [1.29, 1.82) is 0 Å². The number of para-hydroxylation sites is 1. The molecule has 0 spiro atoms. The first kappa shape index (κ1) is 18.3. The number of carbonyl (C=O) groups is 1. The van der Waals surface area contributed by atoms with Crippen LogP contribution in [0, 0.1) is 0 Å². The number of aromatic nitrogens is 1. The van der Waals surface area contributed by atoms with Gasteiger partial charge >= 0.3 is 0 Å². The molecule has 138 valence electrons. The zero-order valence-electron chi connectivity index (χ0n) is 15.3. The highest BCUT2D eigenvalue weighted by molar-refractivity contribution is 7.98. The summed E-state index contributed by atoms with van der Waals surface area (Å²) in [4.78, 5) is 18.6. The van der Waals surface area contributed by atoms with E-state index in [1.54, 1.807) is 11.8 Å².